The average molecular weight is 315 g/mol. The van der Waals surface area contributed by atoms with Crippen molar-refractivity contribution in [2.45, 2.75) is 25.2 Å². The van der Waals surface area contributed by atoms with E-state index in [4.69, 9.17) is 0 Å². The average Bonchev–Trinajstić information content (AvgIpc) is 2.44. The van der Waals surface area contributed by atoms with Crippen LogP contribution in [0.3, 0.4) is 0 Å². The van der Waals surface area contributed by atoms with Crippen LogP contribution in [-0.2, 0) is 6.18 Å². The Labute approximate surface area is 130 Å². The minimum Gasteiger partial charge on any atom is -0.312 e. The third-order valence-electron chi connectivity index (χ3n) is 3.98. The molecule has 0 bridgehead atoms. The van der Waals surface area contributed by atoms with Gasteiger partial charge in [0, 0.05) is 38.3 Å². The second-order valence-electron chi connectivity index (χ2n) is 6.25. The molecule has 1 saturated heterocycles. The maximum absolute atomic E-state index is 13.0. The van der Waals surface area contributed by atoms with E-state index < -0.39 is 11.7 Å². The van der Waals surface area contributed by atoms with Gasteiger partial charge in [-0.15, -0.1) is 0 Å². The zero-order valence-electron chi connectivity index (χ0n) is 13.3. The lowest BCUT2D eigenvalue weighted by atomic mass is 10.0. The molecule has 1 aromatic rings. The third kappa shape index (κ3) is 4.44. The van der Waals surface area contributed by atoms with Crippen molar-refractivity contribution in [2.24, 2.45) is 0 Å². The number of nitrogens with one attached hydrogen (secondary N) is 1. The molecule has 0 aliphatic carbocycles. The Balaban J connectivity index is 2.28. The van der Waals surface area contributed by atoms with Gasteiger partial charge in [-0.05, 0) is 38.7 Å². The van der Waals surface area contributed by atoms with Crippen LogP contribution in [0.15, 0.2) is 24.3 Å². The van der Waals surface area contributed by atoms with Crippen LogP contribution < -0.4 is 5.32 Å². The maximum Gasteiger partial charge on any atom is 0.416 e. The molecule has 0 aromatic heterocycles. The highest BCUT2D eigenvalue weighted by atomic mass is 19.4. The molecule has 6 heteroatoms. The van der Waals surface area contributed by atoms with Crippen LogP contribution in [0.2, 0.25) is 0 Å². The predicted octanol–water partition coefficient (Wildman–Crippen LogP) is 2.60. The summed E-state index contributed by atoms with van der Waals surface area (Å²) in [5.74, 6) is 0. The fraction of sp³-hybridized carbons (Fsp3) is 0.625. The highest BCUT2D eigenvalue weighted by molar-refractivity contribution is 5.28. The van der Waals surface area contributed by atoms with E-state index in [1.54, 1.807) is 6.07 Å². The van der Waals surface area contributed by atoms with Crippen molar-refractivity contribution in [2.75, 3.05) is 40.3 Å². The molecule has 22 heavy (non-hydrogen) atoms. The minimum absolute atomic E-state index is 0.0261. The van der Waals surface area contributed by atoms with E-state index in [9.17, 15) is 13.2 Å². The van der Waals surface area contributed by atoms with E-state index in [2.05, 4.69) is 17.1 Å². The lowest BCUT2D eigenvalue weighted by Crippen LogP contribution is -2.51. The maximum atomic E-state index is 13.0. The zero-order valence-corrected chi connectivity index (χ0v) is 13.3. The Bertz CT molecular complexity index is 488. The number of halogens is 3. The van der Waals surface area contributed by atoms with E-state index in [-0.39, 0.29) is 6.04 Å². The molecule has 1 aliphatic rings. The molecule has 0 radical (unpaired) electrons. The molecule has 0 saturated carbocycles. The number of hydrogen-bond acceptors (Lipinski definition) is 3. The Hall–Kier alpha value is -1.11. The first-order valence-electron chi connectivity index (χ1n) is 7.56. The smallest absolute Gasteiger partial charge is 0.312 e. The third-order valence-corrected chi connectivity index (χ3v) is 3.98. The van der Waals surface area contributed by atoms with Crippen LogP contribution in [0, 0.1) is 0 Å². The van der Waals surface area contributed by atoms with Crippen LogP contribution in [0.4, 0.5) is 13.2 Å². The first kappa shape index (κ1) is 17.2. The van der Waals surface area contributed by atoms with Crippen molar-refractivity contribution in [1.82, 2.24) is 15.1 Å². The van der Waals surface area contributed by atoms with E-state index in [1.807, 2.05) is 19.0 Å². The van der Waals surface area contributed by atoms with Gasteiger partial charge >= 0.3 is 6.18 Å². The Morgan fingerprint density at radius 1 is 1.36 bits per heavy atom. The standard InChI is InChI=1S/C16H24F3N3/c1-12-10-22(8-7-20-12)15(11-21(2)3)13-5-4-6-14(9-13)16(17,18)19/h4-6,9,12,15,20H,7-8,10-11H2,1-3H3. The summed E-state index contributed by atoms with van der Waals surface area (Å²) in [6.45, 7) is 5.36. The molecule has 2 rings (SSSR count). The van der Waals surface area contributed by atoms with Crippen molar-refractivity contribution in [3.63, 3.8) is 0 Å². The largest absolute Gasteiger partial charge is 0.416 e. The Morgan fingerprint density at radius 2 is 2.09 bits per heavy atom. The number of rotatable bonds is 4. The number of hydrogen-bond donors (Lipinski definition) is 1. The van der Waals surface area contributed by atoms with Gasteiger partial charge in [0.2, 0.25) is 0 Å². The van der Waals surface area contributed by atoms with Crippen LogP contribution >= 0.6 is 0 Å². The molecule has 0 amide bonds. The second kappa shape index (κ2) is 6.98. The topological polar surface area (TPSA) is 18.5 Å². The zero-order chi connectivity index (χ0) is 16.3. The van der Waals surface area contributed by atoms with Crippen molar-refractivity contribution >= 4 is 0 Å². The van der Waals surface area contributed by atoms with Crippen LogP contribution in [0.25, 0.3) is 0 Å². The molecule has 124 valence electrons. The highest BCUT2D eigenvalue weighted by Gasteiger charge is 2.32. The molecule has 0 spiro atoms. The number of alkyl halides is 3. The number of nitrogens with zero attached hydrogens (tertiary/aromatic N) is 2. The van der Waals surface area contributed by atoms with Crippen molar-refractivity contribution < 1.29 is 13.2 Å². The quantitative estimate of drug-likeness (QED) is 0.921. The van der Waals surface area contributed by atoms with Gasteiger partial charge in [0.05, 0.1) is 5.56 Å². The summed E-state index contributed by atoms with van der Waals surface area (Å²) < 4.78 is 38.9. The molecule has 1 fully saturated rings. The molecule has 1 aliphatic heterocycles. The number of piperazine rings is 1. The van der Waals surface area contributed by atoms with Gasteiger partial charge in [0.15, 0.2) is 0 Å². The lowest BCUT2D eigenvalue weighted by Gasteiger charge is -2.39. The molecule has 2 unspecified atom stereocenters. The van der Waals surface area contributed by atoms with E-state index in [1.165, 1.54) is 12.1 Å². The van der Waals surface area contributed by atoms with Gasteiger partial charge in [-0.1, -0.05) is 12.1 Å². The second-order valence-corrected chi connectivity index (χ2v) is 6.25. The SMILES string of the molecule is CC1CN(C(CN(C)C)c2cccc(C(F)(F)F)c2)CCN1. The van der Waals surface area contributed by atoms with E-state index in [0.29, 0.717) is 12.6 Å². The normalized spacial score (nSPS) is 22.0. The Kier molecular flexibility index (Phi) is 5.47. The van der Waals surface area contributed by atoms with Gasteiger partial charge < -0.3 is 10.2 Å². The molecule has 2 atom stereocenters. The Morgan fingerprint density at radius 3 is 2.68 bits per heavy atom. The summed E-state index contributed by atoms with van der Waals surface area (Å²) >= 11 is 0. The van der Waals surface area contributed by atoms with Gasteiger partial charge in [-0.25, -0.2) is 0 Å². The van der Waals surface area contributed by atoms with E-state index >= 15 is 0 Å². The van der Waals surface area contributed by atoms with Gasteiger partial charge in [-0.2, -0.15) is 13.2 Å². The van der Waals surface area contributed by atoms with Crippen molar-refractivity contribution in [1.29, 1.82) is 0 Å². The van der Waals surface area contributed by atoms with Crippen molar-refractivity contribution in [3.05, 3.63) is 35.4 Å². The molecule has 1 heterocycles. The molecular weight excluding hydrogens is 291 g/mol. The first-order chi connectivity index (χ1) is 10.3. The lowest BCUT2D eigenvalue weighted by molar-refractivity contribution is -0.137. The van der Waals surface area contributed by atoms with Crippen molar-refractivity contribution in [3.8, 4) is 0 Å². The minimum atomic E-state index is -4.30. The summed E-state index contributed by atoms with van der Waals surface area (Å²) in [6, 6.07) is 6.06. The first-order valence-corrected chi connectivity index (χ1v) is 7.56. The summed E-state index contributed by atoms with van der Waals surface area (Å²) in [5, 5.41) is 3.37. The fourth-order valence-electron chi connectivity index (χ4n) is 2.95. The molecular formula is C16H24F3N3. The van der Waals surface area contributed by atoms with Crippen LogP contribution in [0.1, 0.15) is 24.1 Å². The summed E-state index contributed by atoms with van der Waals surface area (Å²) in [7, 11) is 3.90. The van der Waals surface area contributed by atoms with Crippen LogP contribution in [-0.4, -0.2) is 56.1 Å². The summed E-state index contributed by atoms with van der Waals surface area (Å²) in [5.41, 5.74) is 0.162. The molecule has 1 N–H and O–H groups in total. The molecule has 3 nitrogen and oxygen atoms in total. The fourth-order valence-corrected chi connectivity index (χ4v) is 2.95. The van der Waals surface area contributed by atoms with Crippen LogP contribution in [0.5, 0.6) is 0 Å². The van der Waals surface area contributed by atoms with Gasteiger partial charge in [-0.3, -0.25) is 4.90 Å². The number of likely N-dealkylation sites (N-methyl/N-ethyl adjacent to an activating group) is 1. The molecule has 1 aromatic carbocycles. The van der Waals surface area contributed by atoms with Gasteiger partial charge in [0.25, 0.3) is 0 Å². The summed E-state index contributed by atoms with van der Waals surface area (Å²) in [4.78, 5) is 4.30. The van der Waals surface area contributed by atoms with E-state index in [0.717, 1.165) is 31.3 Å². The number of benzene rings is 1. The predicted molar refractivity (Wildman–Crippen MR) is 81.8 cm³/mol. The monoisotopic (exact) mass is 315 g/mol. The van der Waals surface area contributed by atoms with Gasteiger partial charge in [0.1, 0.15) is 0 Å². The highest BCUT2D eigenvalue weighted by Crippen LogP contribution is 2.32. The summed E-state index contributed by atoms with van der Waals surface area (Å²) in [6.07, 6.45) is -4.30.